The lowest BCUT2D eigenvalue weighted by atomic mass is 9.94. The second-order valence-corrected chi connectivity index (χ2v) is 14.7. The van der Waals surface area contributed by atoms with E-state index in [1.807, 2.05) is 68.4 Å². The molecule has 9 heteroatoms. The quantitative estimate of drug-likeness (QED) is 0.172. The molecule has 4 aromatic rings. The molecule has 47 heavy (non-hydrogen) atoms. The van der Waals surface area contributed by atoms with Crippen LogP contribution in [0.5, 0.6) is 0 Å². The van der Waals surface area contributed by atoms with Gasteiger partial charge in [-0.25, -0.2) is 8.42 Å². The molecule has 1 aliphatic carbocycles. The summed E-state index contributed by atoms with van der Waals surface area (Å²) in [5.74, 6) is -0.734. The number of aryl methyl sites for hydroxylation is 2. The van der Waals surface area contributed by atoms with E-state index in [9.17, 15) is 18.0 Å². The van der Waals surface area contributed by atoms with Crippen LogP contribution in [0.25, 0.3) is 0 Å². The lowest BCUT2D eigenvalue weighted by Gasteiger charge is -2.35. The summed E-state index contributed by atoms with van der Waals surface area (Å²) in [6.07, 6.45) is 5.29. The molecule has 0 bridgehead atoms. The van der Waals surface area contributed by atoms with Crippen LogP contribution in [0.2, 0.25) is 5.02 Å². The van der Waals surface area contributed by atoms with Crippen LogP contribution in [0.3, 0.4) is 0 Å². The number of hydrogen-bond acceptors (Lipinski definition) is 4. The molecule has 1 unspecified atom stereocenters. The summed E-state index contributed by atoms with van der Waals surface area (Å²) in [5, 5.41) is 3.79. The molecule has 1 saturated carbocycles. The number of nitrogens with one attached hydrogen (secondary N) is 1. The lowest BCUT2D eigenvalue weighted by molar-refractivity contribution is -0.140. The predicted molar refractivity (Wildman–Crippen MR) is 188 cm³/mol. The molecule has 1 N–H and O–H groups in total. The highest BCUT2D eigenvalue weighted by Gasteiger charge is 2.35. The highest BCUT2D eigenvalue weighted by atomic mass is 35.5. The monoisotopic (exact) mass is 671 g/mol. The Labute approximate surface area is 283 Å². The zero-order valence-corrected chi connectivity index (χ0v) is 28.5. The first-order chi connectivity index (χ1) is 22.6. The molecule has 0 aliphatic heterocycles. The number of anilines is 1. The van der Waals surface area contributed by atoms with E-state index in [0.29, 0.717) is 10.7 Å². The van der Waals surface area contributed by atoms with Crippen molar-refractivity contribution in [2.75, 3.05) is 10.8 Å². The molecular formula is C38H42ClN3O4S. The van der Waals surface area contributed by atoms with E-state index >= 15 is 0 Å². The maximum Gasteiger partial charge on any atom is 0.264 e. The van der Waals surface area contributed by atoms with Crippen LogP contribution < -0.4 is 9.62 Å². The molecule has 7 nitrogen and oxygen atoms in total. The number of amides is 2. The van der Waals surface area contributed by atoms with Gasteiger partial charge in [0.15, 0.2) is 0 Å². The Kier molecular flexibility index (Phi) is 11.4. The van der Waals surface area contributed by atoms with E-state index < -0.39 is 28.5 Å². The maximum absolute atomic E-state index is 14.6. The summed E-state index contributed by atoms with van der Waals surface area (Å²) in [4.78, 5) is 30.4. The number of carbonyl (C=O) groups excluding carboxylic acids is 2. The van der Waals surface area contributed by atoms with Gasteiger partial charge in [0.25, 0.3) is 10.0 Å². The first-order valence-electron chi connectivity index (χ1n) is 16.1. The molecule has 0 saturated heterocycles. The van der Waals surface area contributed by atoms with Crippen molar-refractivity contribution in [1.29, 1.82) is 0 Å². The van der Waals surface area contributed by atoms with Gasteiger partial charge in [-0.3, -0.25) is 13.9 Å². The summed E-state index contributed by atoms with van der Waals surface area (Å²) >= 11 is 6.19. The fourth-order valence-corrected chi connectivity index (χ4v) is 7.50. The molecule has 2 amide bonds. The van der Waals surface area contributed by atoms with Crippen molar-refractivity contribution in [3.05, 3.63) is 130 Å². The van der Waals surface area contributed by atoms with Crippen LogP contribution in [0.4, 0.5) is 5.69 Å². The van der Waals surface area contributed by atoms with E-state index in [4.69, 9.17) is 11.6 Å². The fourth-order valence-electron chi connectivity index (χ4n) is 5.96. The average Bonchev–Trinajstić information content (AvgIpc) is 3.07. The molecule has 5 rings (SSSR count). The molecule has 4 aromatic carbocycles. The Bertz CT molecular complexity index is 1740. The first kappa shape index (κ1) is 34.2. The second kappa shape index (κ2) is 15.6. The largest absolute Gasteiger partial charge is 0.352 e. The van der Waals surface area contributed by atoms with E-state index in [2.05, 4.69) is 5.32 Å². The summed E-state index contributed by atoms with van der Waals surface area (Å²) in [5.41, 5.74) is 3.91. The number of nitrogens with zero attached hydrogens (tertiary/aromatic N) is 2. The summed E-state index contributed by atoms with van der Waals surface area (Å²) in [7, 11) is -4.15. The van der Waals surface area contributed by atoms with Crippen LogP contribution in [-0.4, -0.2) is 43.8 Å². The van der Waals surface area contributed by atoms with Crippen molar-refractivity contribution in [3.8, 4) is 0 Å². The zero-order valence-electron chi connectivity index (χ0n) is 26.9. The number of sulfonamides is 1. The highest BCUT2D eigenvalue weighted by molar-refractivity contribution is 7.92. The van der Waals surface area contributed by atoms with Crippen LogP contribution in [0, 0.1) is 13.8 Å². The predicted octanol–water partition coefficient (Wildman–Crippen LogP) is 7.24. The Morgan fingerprint density at radius 3 is 2.00 bits per heavy atom. The van der Waals surface area contributed by atoms with Gasteiger partial charge in [0.2, 0.25) is 11.8 Å². The number of hydrogen-bond donors (Lipinski definition) is 1. The van der Waals surface area contributed by atoms with Gasteiger partial charge in [0, 0.05) is 24.0 Å². The third kappa shape index (κ3) is 9.02. The molecular weight excluding hydrogens is 630 g/mol. The molecule has 246 valence electrons. The molecule has 0 spiro atoms. The fraction of sp³-hybridized carbons (Fsp3) is 0.316. The van der Waals surface area contributed by atoms with Gasteiger partial charge >= 0.3 is 0 Å². The number of benzene rings is 4. The van der Waals surface area contributed by atoms with E-state index in [1.54, 1.807) is 48.5 Å². The number of carbonyl (C=O) groups is 2. The SMILES string of the molecule is Cc1ccc(N(CC(=O)N(Cc2ccc(Cl)cc2)C(Cc2ccccc2)C(=O)NC2CCCCC2)S(=O)(=O)c2ccc(C)cc2)cc1. The molecule has 0 heterocycles. The Balaban J connectivity index is 1.55. The minimum atomic E-state index is -4.15. The van der Waals surface area contributed by atoms with Gasteiger partial charge in [0.05, 0.1) is 10.6 Å². The second-order valence-electron chi connectivity index (χ2n) is 12.4. The minimum Gasteiger partial charge on any atom is -0.352 e. The molecule has 0 aromatic heterocycles. The van der Waals surface area contributed by atoms with Crippen LogP contribution in [0.15, 0.2) is 108 Å². The van der Waals surface area contributed by atoms with Gasteiger partial charge in [-0.05, 0) is 74.2 Å². The molecule has 0 radical (unpaired) electrons. The first-order valence-corrected chi connectivity index (χ1v) is 18.0. The van der Waals surface area contributed by atoms with Crippen LogP contribution in [0.1, 0.15) is 54.4 Å². The van der Waals surface area contributed by atoms with E-state index in [-0.39, 0.29) is 29.8 Å². The molecule has 1 atom stereocenters. The summed E-state index contributed by atoms with van der Waals surface area (Å²) in [6.45, 7) is 3.41. The Morgan fingerprint density at radius 1 is 0.787 bits per heavy atom. The van der Waals surface area contributed by atoms with E-state index in [1.165, 1.54) is 4.90 Å². The van der Waals surface area contributed by atoms with Crippen LogP contribution in [-0.2, 0) is 32.6 Å². The number of rotatable bonds is 12. The Morgan fingerprint density at radius 2 is 1.38 bits per heavy atom. The number of halogens is 1. The topological polar surface area (TPSA) is 86.8 Å². The maximum atomic E-state index is 14.6. The van der Waals surface area contributed by atoms with Crippen molar-refractivity contribution >= 4 is 39.1 Å². The highest BCUT2D eigenvalue weighted by Crippen LogP contribution is 2.26. The smallest absolute Gasteiger partial charge is 0.264 e. The Hall–Kier alpha value is -4.14. The van der Waals surface area contributed by atoms with Crippen molar-refractivity contribution in [2.45, 2.75) is 75.9 Å². The third-order valence-electron chi connectivity index (χ3n) is 8.70. The van der Waals surface area contributed by atoms with Crippen molar-refractivity contribution in [1.82, 2.24) is 10.2 Å². The summed E-state index contributed by atoms with van der Waals surface area (Å²) in [6, 6.07) is 29.5. The van der Waals surface area contributed by atoms with Gasteiger partial charge < -0.3 is 10.2 Å². The van der Waals surface area contributed by atoms with Gasteiger partial charge in [-0.2, -0.15) is 0 Å². The van der Waals surface area contributed by atoms with Gasteiger partial charge in [-0.1, -0.05) is 109 Å². The van der Waals surface area contributed by atoms with Crippen LogP contribution >= 0.6 is 11.6 Å². The van der Waals surface area contributed by atoms with E-state index in [0.717, 1.165) is 58.7 Å². The van der Waals surface area contributed by atoms with Crippen molar-refractivity contribution in [2.24, 2.45) is 0 Å². The van der Waals surface area contributed by atoms with Gasteiger partial charge in [0.1, 0.15) is 12.6 Å². The standard InChI is InChI=1S/C38H42ClN3O4S/c1-28-13-21-34(22-14-28)42(47(45,46)35-23-15-29(2)16-24-35)27-37(43)41(26-31-17-19-32(39)20-18-31)36(25-30-9-5-3-6-10-30)38(44)40-33-11-7-4-8-12-33/h3,5-6,9-10,13-24,33,36H,4,7-8,11-12,25-27H2,1-2H3,(H,40,44). The summed E-state index contributed by atoms with van der Waals surface area (Å²) < 4.78 is 29.5. The van der Waals surface area contributed by atoms with Crippen molar-refractivity contribution < 1.29 is 18.0 Å². The van der Waals surface area contributed by atoms with Crippen molar-refractivity contribution in [3.63, 3.8) is 0 Å². The zero-order chi connectivity index (χ0) is 33.4. The molecule has 1 aliphatic rings. The average molecular weight is 672 g/mol. The van der Waals surface area contributed by atoms with Gasteiger partial charge in [-0.15, -0.1) is 0 Å². The normalized spacial score (nSPS) is 14.3. The lowest BCUT2D eigenvalue weighted by Crippen LogP contribution is -2.55. The minimum absolute atomic E-state index is 0.0352. The molecule has 1 fully saturated rings. The third-order valence-corrected chi connectivity index (χ3v) is 10.7.